The van der Waals surface area contributed by atoms with Crippen LogP contribution in [0.2, 0.25) is 0 Å². The predicted molar refractivity (Wildman–Crippen MR) is 123 cm³/mol. The average Bonchev–Trinajstić information content (AvgIpc) is 3.08. The van der Waals surface area contributed by atoms with Gasteiger partial charge in [0.05, 0.1) is 6.20 Å². The fraction of sp³-hybridized carbons (Fsp3) is 0.478. The van der Waals surface area contributed by atoms with E-state index < -0.39 is 23.6 Å². The van der Waals surface area contributed by atoms with Crippen LogP contribution < -0.4 is 10.6 Å². The van der Waals surface area contributed by atoms with Gasteiger partial charge in [-0.25, -0.2) is 4.79 Å². The standard InChI is InChI=1S/C23H33N5O4/c1-14(2)20(29)25-17-10-9-15(3)18(11-17)26-21(30)19(16-12-24-27(7)13-16)28(8)22(31)32-23(4,5)6/h9-14,19H,1-8H3,(H,25,29)(H,26,30). The summed E-state index contributed by atoms with van der Waals surface area (Å²) in [6.45, 7) is 10.7. The van der Waals surface area contributed by atoms with Crippen molar-refractivity contribution in [3.63, 3.8) is 0 Å². The Bertz CT molecular complexity index is 991. The zero-order valence-corrected chi connectivity index (χ0v) is 20.0. The van der Waals surface area contributed by atoms with Crippen molar-refractivity contribution < 1.29 is 19.1 Å². The molecule has 2 aromatic rings. The Labute approximate surface area is 189 Å². The van der Waals surface area contributed by atoms with Crippen molar-refractivity contribution in [2.24, 2.45) is 13.0 Å². The number of carbonyl (C=O) groups is 3. The number of aromatic nitrogens is 2. The van der Waals surface area contributed by atoms with Gasteiger partial charge in [0.2, 0.25) is 5.91 Å². The molecule has 0 aliphatic heterocycles. The highest BCUT2D eigenvalue weighted by Gasteiger charge is 2.33. The average molecular weight is 444 g/mol. The molecule has 0 spiro atoms. The second kappa shape index (κ2) is 9.84. The van der Waals surface area contributed by atoms with Gasteiger partial charge in [-0.15, -0.1) is 0 Å². The van der Waals surface area contributed by atoms with Crippen LogP contribution in [0.4, 0.5) is 16.2 Å². The number of ether oxygens (including phenoxy) is 1. The summed E-state index contributed by atoms with van der Waals surface area (Å²) in [6.07, 6.45) is 2.59. The fourth-order valence-corrected chi connectivity index (χ4v) is 2.89. The molecule has 0 radical (unpaired) electrons. The minimum absolute atomic E-state index is 0.121. The van der Waals surface area contributed by atoms with Crippen molar-refractivity contribution in [3.8, 4) is 0 Å². The lowest BCUT2D eigenvalue weighted by atomic mass is 10.1. The molecular formula is C23H33N5O4. The summed E-state index contributed by atoms with van der Waals surface area (Å²) < 4.78 is 7.01. The number of likely N-dealkylation sites (N-methyl/N-ethyl adjacent to an activating group) is 1. The molecule has 1 aromatic carbocycles. The summed E-state index contributed by atoms with van der Waals surface area (Å²) in [6, 6.07) is 4.31. The van der Waals surface area contributed by atoms with Crippen molar-refractivity contribution >= 4 is 29.3 Å². The van der Waals surface area contributed by atoms with Crippen molar-refractivity contribution in [3.05, 3.63) is 41.7 Å². The SMILES string of the molecule is Cc1ccc(NC(=O)C(C)C)cc1NC(=O)C(c1cnn(C)c1)N(C)C(=O)OC(C)(C)C. The molecule has 0 bridgehead atoms. The second-order valence-electron chi connectivity index (χ2n) is 9.10. The molecule has 32 heavy (non-hydrogen) atoms. The maximum atomic E-state index is 13.3. The molecule has 1 heterocycles. The minimum Gasteiger partial charge on any atom is -0.444 e. The van der Waals surface area contributed by atoms with Crippen LogP contribution in [0.25, 0.3) is 0 Å². The van der Waals surface area contributed by atoms with Gasteiger partial charge in [0.15, 0.2) is 0 Å². The summed E-state index contributed by atoms with van der Waals surface area (Å²) in [4.78, 5) is 39.3. The van der Waals surface area contributed by atoms with Crippen molar-refractivity contribution in [2.45, 2.75) is 53.2 Å². The summed E-state index contributed by atoms with van der Waals surface area (Å²) in [5, 5.41) is 9.84. The number of hydrogen-bond acceptors (Lipinski definition) is 5. The smallest absolute Gasteiger partial charge is 0.410 e. The Morgan fingerprint density at radius 2 is 1.78 bits per heavy atom. The van der Waals surface area contributed by atoms with E-state index in [1.807, 2.05) is 13.0 Å². The molecule has 9 nitrogen and oxygen atoms in total. The maximum Gasteiger partial charge on any atom is 0.410 e. The first-order chi connectivity index (χ1) is 14.8. The normalized spacial score (nSPS) is 12.3. The summed E-state index contributed by atoms with van der Waals surface area (Å²) in [5.41, 5.74) is 1.75. The Balaban J connectivity index is 2.32. The number of aryl methyl sites for hydroxylation is 2. The third-order valence-electron chi connectivity index (χ3n) is 4.65. The van der Waals surface area contributed by atoms with Gasteiger partial charge >= 0.3 is 6.09 Å². The Morgan fingerprint density at radius 3 is 2.31 bits per heavy atom. The molecule has 2 N–H and O–H groups in total. The zero-order chi connectivity index (χ0) is 24.2. The quantitative estimate of drug-likeness (QED) is 0.705. The number of carbonyl (C=O) groups excluding carboxylic acids is 3. The van der Waals surface area contributed by atoms with Crippen molar-refractivity contribution in [1.82, 2.24) is 14.7 Å². The van der Waals surface area contributed by atoms with Crippen LogP contribution in [0, 0.1) is 12.8 Å². The van der Waals surface area contributed by atoms with Crippen LogP contribution in [-0.2, 0) is 21.4 Å². The van der Waals surface area contributed by atoms with Crippen LogP contribution >= 0.6 is 0 Å². The largest absolute Gasteiger partial charge is 0.444 e. The molecule has 0 saturated heterocycles. The lowest BCUT2D eigenvalue weighted by Crippen LogP contribution is -2.41. The minimum atomic E-state index is -0.966. The van der Waals surface area contributed by atoms with Gasteiger partial charge in [-0.1, -0.05) is 19.9 Å². The lowest BCUT2D eigenvalue weighted by molar-refractivity contribution is -0.121. The van der Waals surface area contributed by atoms with E-state index in [0.29, 0.717) is 16.9 Å². The number of benzene rings is 1. The van der Waals surface area contributed by atoms with E-state index in [2.05, 4.69) is 15.7 Å². The second-order valence-corrected chi connectivity index (χ2v) is 9.10. The molecule has 0 aliphatic rings. The maximum absolute atomic E-state index is 13.3. The topological polar surface area (TPSA) is 106 Å². The molecule has 1 atom stereocenters. The molecule has 174 valence electrons. The fourth-order valence-electron chi connectivity index (χ4n) is 2.89. The Hall–Kier alpha value is -3.36. The Morgan fingerprint density at radius 1 is 1.12 bits per heavy atom. The number of nitrogens with one attached hydrogen (secondary N) is 2. The highest BCUT2D eigenvalue weighted by molar-refractivity contribution is 5.99. The lowest BCUT2D eigenvalue weighted by Gasteiger charge is -2.29. The third kappa shape index (κ3) is 6.57. The molecule has 0 saturated carbocycles. The van der Waals surface area contributed by atoms with Gasteiger partial charge in [-0.2, -0.15) is 5.10 Å². The van der Waals surface area contributed by atoms with Crippen LogP contribution in [0.5, 0.6) is 0 Å². The van der Waals surface area contributed by atoms with E-state index in [0.717, 1.165) is 5.56 Å². The molecule has 2 rings (SSSR count). The van der Waals surface area contributed by atoms with Gasteiger partial charge in [0.25, 0.3) is 5.91 Å². The summed E-state index contributed by atoms with van der Waals surface area (Å²) in [7, 11) is 3.24. The first kappa shape index (κ1) is 24.9. The van der Waals surface area contributed by atoms with Crippen LogP contribution in [0.1, 0.15) is 51.8 Å². The van der Waals surface area contributed by atoms with E-state index in [-0.39, 0.29) is 11.8 Å². The first-order valence-corrected chi connectivity index (χ1v) is 10.4. The van der Waals surface area contributed by atoms with Gasteiger partial charge in [0.1, 0.15) is 11.6 Å². The van der Waals surface area contributed by atoms with Crippen LogP contribution in [0.15, 0.2) is 30.6 Å². The number of anilines is 2. The van der Waals surface area contributed by atoms with E-state index in [4.69, 9.17) is 4.74 Å². The molecule has 1 unspecified atom stereocenters. The number of hydrogen-bond donors (Lipinski definition) is 2. The van der Waals surface area contributed by atoms with Gasteiger partial charge in [0, 0.05) is 43.1 Å². The third-order valence-corrected chi connectivity index (χ3v) is 4.65. The van der Waals surface area contributed by atoms with Crippen molar-refractivity contribution in [1.29, 1.82) is 0 Å². The van der Waals surface area contributed by atoms with Crippen LogP contribution in [0.3, 0.4) is 0 Å². The van der Waals surface area contributed by atoms with Crippen LogP contribution in [-0.4, -0.2) is 45.2 Å². The zero-order valence-electron chi connectivity index (χ0n) is 20.0. The molecule has 3 amide bonds. The number of amides is 3. The highest BCUT2D eigenvalue weighted by atomic mass is 16.6. The molecule has 1 aromatic heterocycles. The van der Waals surface area contributed by atoms with E-state index in [1.165, 1.54) is 18.1 Å². The molecular weight excluding hydrogens is 410 g/mol. The highest BCUT2D eigenvalue weighted by Crippen LogP contribution is 2.26. The molecule has 0 fully saturated rings. The van der Waals surface area contributed by atoms with E-state index >= 15 is 0 Å². The van der Waals surface area contributed by atoms with Gasteiger partial charge in [-0.3, -0.25) is 19.2 Å². The molecule has 9 heteroatoms. The van der Waals surface area contributed by atoms with E-state index in [1.54, 1.807) is 64.7 Å². The summed E-state index contributed by atoms with van der Waals surface area (Å²) >= 11 is 0. The van der Waals surface area contributed by atoms with Crippen molar-refractivity contribution in [2.75, 3.05) is 17.7 Å². The molecule has 0 aliphatic carbocycles. The monoisotopic (exact) mass is 443 g/mol. The Kier molecular flexibility index (Phi) is 7.66. The van der Waals surface area contributed by atoms with Gasteiger partial charge < -0.3 is 15.4 Å². The van der Waals surface area contributed by atoms with Gasteiger partial charge in [-0.05, 0) is 45.4 Å². The van der Waals surface area contributed by atoms with E-state index in [9.17, 15) is 14.4 Å². The predicted octanol–water partition coefficient (Wildman–Crippen LogP) is 3.87. The number of rotatable bonds is 6. The number of nitrogens with zero attached hydrogens (tertiary/aromatic N) is 3. The first-order valence-electron chi connectivity index (χ1n) is 10.4. The summed E-state index contributed by atoms with van der Waals surface area (Å²) in [5.74, 6) is -0.724.